The van der Waals surface area contributed by atoms with Crippen LogP contribution in [0.25, 0.3) is 0 Å². The lowest BCUT2D eigenvalue weighted by Gasteiger charge is -2.12. The minimum absolute atomic E-state index is 0.0187. The van der Waals surface area contributed by atoms with Crippen LogP contribution in [0.2, 0.25) is 0 Å². The van der Waals surface area contributed by atoms with E-state index >= 15 is 0 Å². The zero-order valence-electron chi connectivity index (χ0n) is 12.3. The summed E-state index contributed by atoms with van der Waals surface area (Å²) < 4.78 is 38.9. The molecule has 1 aromatic carbocycles. The third kappa shape index (κ3) is 5.48. The van der Waals surface area contributed by atoms with Gasteiger partial charge in [0.15, 0.2) is 6.61 Å². The fourth-order valence-corrected chi connectivity index (χ4v) is 2.13. The molecule has 2 rings (SSSR count). The third-order valence-electron chi connectivity index (χ3n) is 3.21. The predicted molar refractivity (Wildman–Crippen MR) is 75.3 cm³/mol. The van der Waals surface area contributed by atoms with Crippen molar-refractivity contribution in [2.45, 2.75) is 25.6 Å². The number of hydrogen-bond donors (Lipinski definition) is 1. The van der Waals surface area contributed by atoms with Crippen LogP contribution in [0.5, 0.6) is 5.75 Å². The van der Waals surface area contributed by atoms with E-state index in [2.05, 4.69) is 10.1 Å². The monoisotopic (exact) mass is 329 g/mol. The number of ether oxygens (including phenoxy) is 3. The van der Waals surface area contributed by atoms with Crippen molar-refractivity contribution >= 4 is 11.9 Å². The van der Waals surface area contributed by atoms with E-state index in [0.717, 1.165) is 12.8 Å². The molecular weight excluding hydrogens is 312 g/mol. The summed E-state index contributed by atoms with van der Waals surface area (Å²) in [6.07, 6.45) is 1.81. The normalized spacial score (nSPS) is 17.1. The Bertz CT molecular complexity index is 546. The quantitative estimate of drug-likeness (QED) is 0.772. The number of hydrogen-bond acceptors (Lipinski definition) is 5. The van der Waals surface area contributed by atoms with Gasteiger partial charge in [-0.3, -0.25) is 4.79 Å². The molecule has 0 spiro atoms. The summed E-state index contributed by atoms with van der Waals surface area (Å²) in [5.74, 6) is -1.69. The zero-order chi connectivity index (χ0) is 16.7. The maximum atomic E-state index is 12.3. The van der Waals surface area contributed by atoms with Gasteiger partial charge >= 0.3 is 12.6 Å². The standard InChI is InChI=1S/C15H17F2NO5/c16-15(17)23-12-6-2-1-5-11(12)14(20)22-9-13(19)18-8-10-4-3-7-21-10/h1-2,5-6,10,15H,3-4,7-9H2,(H,18,19)/t10-/m0/s1. The highest BCUT2D eigenvalue weighted by molar-refractivity contribution is 5.93. The highest BCUT2D eigenvalue weighted by Gasteiger charge is 2.19. The second-order valence-corrected chi connectivity index (χ2v) is 4.89. The minimum Gasteiger partial charge on any atom is -0.452 e. The van der Waals surface area contributed by atoms with Gasteiger partial charge in [0.25, 0.3) is 5.91 Å². The van der Waals surface area contributed by atoms with Crippen LogP contribution in [0.15, 0.2) is 24.3 Å². The number of para-hydroxylation sites is 1. The largest absolute Gasteiger partial charge is 0.452 e. The van der Waals surface area contributed by atoms with Crippen LogP contribution in [0.3, 0.4) is 0 Å². The van der Waals surface area contributed by atoms with Gasteiger partial charge in [0, 0.05) is 13.2 Å². The molecule has 1 aromatic rings. The van der Waals surface area contributed by atoms with Crippen molar-refractivity contribution < 1.29 is 32.6 Å². The average Bonchev–Trinajstić information content (AvgIpc) is 3.04. The Labute approximate surface area is 131 Å². The maximum absolute atomic E-state index is 12.3. The Balaban J connectivity index is 1.80. The zero-order valence-corrected chi connectivity index (χ0v) is 12.3. The predicted octanol–water partition coefficient (Wildman–Crippen LogP) is 1.74. The molecule has 0 aliphatic carbocycles. The number of carbonyl (C=O) groups is 2. The second-order valence-electron chi connectivity index (χ2n) is 4.89. The summed E-state index contributed by atoms with van der Waals surface area (Å²) in [6, 6.07) is 5.43. The number of alkyl halides is 2. The van der Waals surface area contributed by atoms with Gasteiger partial charge < -0.3 is 19.5 Å². The molecule has 0 bridgehead atoms. The van der Waals surface area contributed by atoms with E-state index in [9.17, 15) is 18.4 Å². The molecule has 1 N–H and O–H groups in total. The van der Waals surface area contributed by atoms with Gasteiger partial charge in [-0.05, 0) is 25.0 Å². The average molecular weight is 329 g/mol. The smallest absolute Gasteiger partial charge is 0.387 e. The van der Waals surface area contributed by atoms with Gasteiger partial charge in [-0.25, -0.2) is 4.79 Å². The Kier molecular flexibility index (Phi) is 6.28. The number of rotatable bonds is 7. The fraction of sp³-hybridized carbons (Fsp3) is 0.467. The third-order valence-corrected chi connectivity index (χ3v) is 3.21. The Morgan fingerprint density at radius 3 is 2.83 bits per heavy atom. The molecular formula is C15H17F2NO5. The van der Waals surface area contributed by atoms with Crippen molar-refractivity contribution in [2.75, 3.05) is 19.8 Å². The molecule has 23 heavy (non-hydrogen) atoms. The molecule has 126 valence electrons. The summed E-state index contributed by atoms with van der Waals surface area (Å²) in [5, 5.41) is 2.59. The number of halogens is 2. The molecule has 1 saturated heterocycles. The maximum Gasteiger partial charge on any atom is 0.387 e. The van der Waals surface area contributed by atoms with Crippen molar-refractivity contribution in [3.8, 4) is 5.75 Å². The molecule has 8 heteroatoms. The van der Waals surface area contributed by atoms with Crippen molar-refractivity contribution in [3.63, 3.8) is 0 Å². The first-order valence-corrected chi connectivity index (χ1v) is 7.15. The van der Waals surface area contributed by atoms with Crippen molar-refractivity contribution in [2.24, 2.45) is 0 Å². The highest BCUT2D eigenvalue weighted by atomic mass is 19.3. The summed E-state index contributed by atoms with van der Waals surface area (Å²) in [7, 11) is 0. The van der Waals surface area contributed by atoms with E-state index in [0.29, 0.717) is 13.2 Å². The first kappa shape index (κ1) is 17.1. The number of nitrogens with one attached hydrogen (secondary N) is 1. The molecule has 1 aliphatic heterocycles. The van der Waals surface area contributed by atoms with Gasteiger partial charge in [-0.2, -0.15) is 8.78 Å². The summed E-state index contributed by atoms with van der Waals surface area (Å²) >= 11 is 0. The molecule has 1 fully saturated rings. The first-order chi connectivity index (χ1) is 11.1. The first-order valence-electron chi connectivity index (χ1n) is 7.15. The number of benzene rings is 1. The molecule has 1 aliphatic rings. The molecule has 0 radical (unpaired) electrons. The fourth-order valence-electron chi connectivity index (χ4n) is 2.13. The van der Waals surface area contributed by atoms with Gasteiger partial charge in [-0.15, -0.1) is 0 Å². The number of esters is 1. The summed E-state index contributed by atoms with van der Waals surface area (Å²) in [5.41, 5.74) is -0.167. The van der Waals surface area contributed by atoms with Gasteiger partial charge in [0.2, 0.25) is 0 Å². The molecule has 0 aromatic heterocycles. The van der Waals surface area contributed by atoms with Crippen LogP contribution >= 0.6 is 0 Å². The van der Waals surface area contributed by atoms with Crippen molar-refractivity contribution in [1.82, 2.24) is 5.32 Å². The van der Waals surface area contributed by atoms with Gasteiger partial charge in [-0.1, -0.05) is 12.1 Å². The number of carbonyl (C=O) groups excluding carboxylic acids is 2. The van der Waals surface area contributed by atoms with E-state index < -0.39 is 25.1 Å². The minimum atomic E-state index is -3.06. The summed E-state index contributed by atoms with van der Waals surface area (Å²) in [6.45, 7) is -2.54. The van der Waals surface area contributed by atoms with Crippen LogP contribution in [0.1, 0.15) is 23.2 Å². The van der Waals surface area contributed by atoms with E-state index in [-0.39, 0.29) is 17.4 Å². The molecule has 6 nitrogen and oxygen atoms in total. The molecule has 1 amide bonds. The molecule has 1 heterocycles. The lowest BCUT2D eigenvalue weighted by molar-refractivity contribution is -0.124. The van der Waals surface area contributed by atoms with Crippen LogP contribution in [0, 0.1) is 0 Å². The van der Waals surface area contributed by atoms with E-state index in [4.69, 9.17) is 9.47 Å². The highest BCUT2D eigenvalue weighted by Crippen LogP contribution is 2.21. The topological polar surface area (TPSA) is 73.9 Å². The van der Waals surface area contributed by atoms with Crippen molar-refractivity contribution in [1.29, 1.82) is 0 Å². The Morgan fingerprint density at radius 1 is 1.35 bits per heavy atom. The second kappa shape index (κ2) is 8.42. The lowest BCUT2D eigenvalue weighted by atomic mass is 10.2. The molecule has 1 atom stereocenters. The SMILES string of the molecule is O=C(COC(=O)c1ccccc1OC(F)F)NC[C@@H]1CCCO1. The van der Waals surface area contributed by atoms with E-state index in [1.165, 1.54) is 24.3 Å². The molecule has 0 unspecified atom stereocenters. The van der Waals surface area contributed by atoms with Crippen LogP contribution < -0.4 is 10.1 Å². The van der Waals surface area contributed by atoms with Crippen LogP contribution in [-0.4, -0.2) is 44.4 Å². The van der Waals surface area contributed by atoms with Crippen LogP contribution in [0.4, 0.5) is 8.78 Å². The van der Waals surface area contributed by atoms with Gasteiger partial charge in [0.05, 0.1) is 6.10 Å². The van der Waals surface area contributed by atoms with Crippen LogP contribution in [-0.2, 0) is 14.3 Å². The van der Waals surface area contributed by atoms with Gasteiger partial charge in [0.1, 0.15) is 11.3 Å². The summed E-state index contributed by atoms with van der Waals surface area (Å²) in [4.78, 5) is 23.5. The van der Waals surface area contributed by atoms with E-state index in [1.54, 1.807) is 0 Å². The Hall–Kier alpha value is -2.22. The Morgan fingerprint density at radius 2 is 2.13 bits per heavy atom. The number of amides is 1. The van der Waals surface area contributed by atoms with Crippen molar-refractivity contribution in [3.05, 3.63) is 29.8 Å². The lowest BCUT2D eigenvalue weighted by Crippen LogP contribution is -2.34. The van der Waals surface area contributed by atoms with E-state index in [1.807, 2.05) is 0 Å². The molecule has 0 saturated carbocycles.